The van der Waals surface area contributed by atoms with Gasteiger partial charge in [-0.3, -0.25) is 14.6 Å². The van der Waals surface area contributed by atoms with Gasteiger partial charge in [-0.1, -0.05) is 0 Å². The molecule has 0 saturated carbocycles. The lowest BCUT2D eigenvalue weighted by Crippen LogP contribution is -2.47. The highest BCUT2D eigenvalue weighted by Gasteiger charge is 2.24. The molecule has 1 fully saturated rings. The van der Waals surface area contributed by atoms with E-state index in [1.54, 1.807) is 36.5 Å². The summed E-state index contributed by atoms with van der Waals surface area (Å²) < 4.78 is 10.1. The van der Waals surface area contributed by atoms with E-state index in [4.69, 9.17) is 9.47 Å². The molecule has 1 aromatic rings. The van der Waals surface area contributed by atoms with E-state index in [9.17, 15) is 9.59 Å². The minimum absolute atomic E-state index is 0.0139. The number of aromatic nitrogens is 1. The van der Waals surface area contributed by atoms with Gasteiger partial charge in [0.25, 0.3) is 5.91 Å². The van der Waals surface area contributed by atoms with Gasteiger partial charge in [0.05, 0.1) is 13.2 Å². The standard InChI is InChI=1S/C16H23N3O4/c1-22-10-11-23-12-15(20)19-8-4-14(5-9-19)18-16(21)13-2-6-17-7-3-13/h2-3,6-7,14H,4-5,8-12H2,1H3,(H,18,21). The lowest BCUT2D eigenvalue weighted by Gasteiger charge is -2.32. The van der Waals surface area contributed by atoms with Gasteiger partial charge in [0.15, 0.2) is 0 Å². The predicted molar refractivity (Wildman–Crippen MR) is 84.0 cm³/mol. The summed E-state index contributed by atoms with van der Waals surface area (Å²) in [5.74, 6) is -0.111. The number of hydrogen-bond acceptors (Lipinski definition) is 5. The molecule has 0 atom stereocenters. The number of piperidine rings is 1. The Balaban J connectivity index is 1.69. The van der Waals surface area contributed by atoms with Crippen LogP contribution in [0.3, 0.4) is 0 Å². The number of amides is 2. The van der Waals surface area contributed by atoms with Crippen LogP contribution in [-0.2, 0) is 14.3 Å². The van der Waals surface area contributed by atoms with E-state index in [1.165, 1.54) is 0 Å². The Morgan fingerprint density at radius 1 is 1.26 bits per heavy atom. The second-order valence-electron chi connectivity index (χ2n) is 5.41. The Kier molecular flexibility index (Phi) is 6.96. The van der Waals surface area contributed by atoms with Gasteiger partial charge in [-0.2, -0.15) is 0 Å². The van der Waals surface area contributed by atoms with E-state index in [-0.39, 0.29) is 24.5 Å². The van der Waals surface area contributed by atoms with Crippen LogP contribution in [0.15, 0.2) is 24.5 Å². The number of nitrogens with zero attached hydrogens (tertiary/aromatic N) is 2. The molecule has 1 aliphatic heterocycles. The maximum atomic E-state index is 12.1. The summed E-state index contributed by atoms with van der Waals surface area (Å²) in [6, 6.07) is 3.46. The highest BCUT2D eigenvalue weighted by molar-refractivity contribution is 5.94. The lowest BCUT2D eigenvalue weighted by molar-refractivity contribution is -0.137. The third-order valence-electron chi connectivity index (χ3n) is 3.78. The summed E-state index contributed by atoms with van der Waals surface area (Å²) >= 11 is 0. The largest absolute Gasteiger partial charge is 0.382 e. The SMILES string of the molecule is COCCOCC(=O)N1CCC(NC(=O)c2ccncc2)CC1. The molecule has 7 nitrogen and oxygen atoms in total. The number of ether oxygens (including phenoxy) is 2. The topological polar surface area (TPSA) is 80.8 Å². The minimum Gasteiger partial charge on any atom is -0.382 e. The molecule has 23 heavy (non-hydrogen) atoms. The first kappa shape index (κ1) is 17.4. The van der Waals surface area contributed by atoms with Crippen molar-refractivity contribution in [1.82, 2.24) is 15.2 Å². The van der Waals surface area contributed by atoms with E-state index >= 15 is 0 Å². The lowest BCUT2D eigenvalue weighted by atomic mass is 10.0. The van der Waals surface area contributed by atoms with E-state index in [2.05, 4.69) is 10.3 Å². The monoisotopic (exact) mass is 321 g/mol. The number of likely N-dealkylation sites (tertiary alicyclic amines) is 1. The van der Waals surface area contributed by atoms with Crippen molar-refractivity contribution in [2.75, 3.05) is 40.0 Å². The molecule has 2 heterocycles. The van der Waals surface area contributed by atoms with Crippen molar-refractivity contribution >= 4 is 11.8 Å². The zero-order chi connectivity index (χ0) is 16.5. The van der Waals surface area contributed by atoms with Crippen LogP contribution in [0.1, 0.15) is 23.2 Å². The van der Waals surface area contributed by atoms with Gasteiger partial charge < -0.3 is 19.7 Å². The second kappa shape index (κ2) is 9.22. The fourth-order valence-corrected chi connectivity index (χ4v) is 2.44. The van der Waals surface area contributed by atoms with E-state index < -0.39 is 0 Å². The van der Waals surface area contributed by atoms with Crippen molar-refractivity contribution in [1.29, 1.82) is 0 Å². The van der Waals surface area contributed by atoms with Crippen LogP contribution in [-0.4, -0.2) is 67.8 Å². The molecule has 0 unspecified atom stereocenters. The Hall–Kier alpha value is -1.99. The molecule has 0 aromatic carbocycles. The van der Waals surface area contributed by atoms with Crippen LogP contribution < -0.4 is 5.32 Å². The van der Waals surface area contributed by atoms with E-state index in [0.29, 0.717) is 31.9 Å². The summed E-state index contributed by atoms with van der Waals surface area (Å²) in [5.41, 5.74) is 0.602. The Labute approximate surface area is 136 Å². The predicted octanol–water partition coefficient (Wildman–Crippen LogP) is 0.465. The van der Waals surface area contributed by atoms with Crippen molar-refractivity contribution in [2.24, 2.45) is 0 Å². The average molecular weight is 321 g/mol. The van der Waals surface area contributed by atoms with Crippen molar-refractivity contribution in [3.8, 4) is 0 Å². The molecule has 2 rings (SSSR count). The molecule has 1 aliphatic rings. The first-order valence-electron chi connectivity index (χ1n) is 7.76. The van der Waals surface area contributed by atoms with E-state index in [0.717, 1.165) is 12.8 Å². The molecule has 1 saturated heterocycles. The maximum absolute atomic E-state index is 12.1. The van der Waals surface area contributed by atoms with Gasteiger partial charge in [-0.05, 0) is 25.0 Å². The summed E-state index contributed by atoms with van der Waals surface area (Å²) in [6.45, 7) is 2.25. The third-order valence-corrected chi connectivity index (χ3v) is 3.78. The van der Waals surface area contributed by atoms with Crippen LogP contribution in [0.4, 0.5) is 0 Å². The summed E-state index contributed by atoms with van der Waals surface area (Å²) in [6.07, 6.45) is 4.70. The van der Waals surface area contributed by atoms with Gasteiger partial charge in [0.2, 0.25) is 5.91 Å². The average Bonchev–Trinajstić information content (AvgIpc) is 2.60. The molecule has 1 aromatic heterocycles. The van der Waals surface area contributed by atoms with Crippen molar-refractivity contribution in [3.63, 3.8) is 0 Å². The molecule has 2 amide bonds. The summed E-state index contributed by atoms with van der Waals surface area (Å²) in [7, 11) is 1.59. The number of rotatable bonds is 7. The Morgan fingerprint density at radius 2 is 1.96 bits per heavy atom. The zero-order valence-electron chi connectivity index (χ0n) is 13.4. The first-order chi connectivity index (χ1) is 11.2. The number of nitrogens with one attached hydrogen (secondary N) is 1. The van der Waals surface area contributed by atoms with Crippen LogP contribution >= 0.6 is 0 Å². The maximum Gasteiger partial charge on any atom is 0.251 e. The Bertz CT molecular complexity index is 501. The minimum atomic E-state index is -0.0972. The highest BCUT2D eigenvalue weighted by atomic mass is 16.5. The molecule has 126 valence electrons. The highest BCUT2D eigenvalue weighted by Crippen LogP contribution is 2.11. The fraction of sp³-hybridized carbons (Fsp3) is 0.562. The van der Waals surface area contributed by atoms with Crippen LogP contribution in [0.25, 0.3) is 0 Å². The van der Waals surface area contributed by atoms with Gasteiger partial charge >= 0.3 is 0 Å². The molecule has 0 radical (unpaired) electrons. The second-order valence-corrected chi connectivity index (χ2v) is 5.41. The van der Waals surface area contributed by atoms with Gasteiger partial charge in [-0.15, -0.1) is 0 Å². The molecule has 7 heteroatoms. The quantitative estimate of drug-likeness (QED) is 0.738. The zero-order valence-corrected chi connectivity index (χ0v) is 13.4. The van der Waals surface area contributed by atoms with Crippen LogP contribution in [0.5, 0.6) is 0 Å². The molecular weight excluding hydrogens is 298 g/mol. The number of carbonyl (C=O) groups excluding carboxylic acids is 2. The summed E-state index contributed by atoms with van der Waals surface area (Å²) in [5, 5.41) is 3.00. The number of carbonyl (C=O) groups is 2. The number of methoxy groups -OCH3 is 1. The molecule has 0 bridgehead atoms. The fourth-order valence-electron chi connectivity index (χ4n) is 2.44. The van der Waals surface area contributed by atoms with Gasteiger partial charge in [0.1, 0.15) is 6.61 Å². The molecule has 0 aliphatic carbocycles. The van der Waals surface area contributed by atoms with Gasteiger partial charge in [0, 0.05) is 44.2 Å². The number of pyridine rings is 1. The van der Waals surface area contributed by atoms with Crippen molar-refractivity contribution in [3.05, 3.63) is 30.1 Å². The normalized spacial score (nSPS) is 15.4. The van der Waals surface area contributed by atoms with Crippen molar-refractivity contribution < 1.29 is 19.1 Å². The first-order valence-corrected chi connectivity index (χ1v) is 7.76. The number of hydrogen-bond donors (Lipinski definition) is 1. The van der Waals surface area contributed by atoms with E-state index in [1.807, 2.05) is 0 Å². The molecule has 0 spiro atoms. The summed E-state index contributed by atoms with van der Waals surface area (Å²) in [4.78, 5) is 29.7. The smallest absolute Gasteiger partial charge is 0.251 e. The van der Waals surface area contributed by atoms with Gasteiger partial charge in [-0.25, -0.2) is 0 Å². The Morgan fingerprint density at radius 3 is 2.61 bits per heavy atom. The van der Waals surface area contributed by atoms with Crippen LogP contribution in [0.2, 0.25) is 0 Å². The van der Waals surface area contributed by atoms with Crippen LogP contribution in [0, 0.1) is 0 Å². The van der Waals surface area contributed by atoms with Crippen molar-refractivity contribution in [2.45, 2.75) is 18.9 Å². The third kappa shape index (κ3) is 5.61. The molecular formula is C16H23N3O4. The molecule has 1 N–H and O–H groups in total.